The van der Waals surface area contributed by atoms with E-state index in [1.165, 1.54) is 5.56 Å². The zero-order chi connectivity index (χ0) is 18.0. The second-order valence-corrected chi connectivity index (χ2v) is 8.17. The van der Waals surface area contributed by atoms with Gasteiger partial charge in [0.15, 0.2) is 0 Å². The number of aryl methyl sites for hydroxylation is 2. The summed E-state index contributed by atoms with van der Waals surface area (Å²) in [4.78, 5) is 14.3. The molecule has 0 unspecified atom stereocenters. The number of benzene rings is 2. The van der Waals surface area contributed by atoms with Crippen molar-refractivity contribution < 1.29 is 13.2 Å². The summed E-state index contributed by atoms with van der Waals surface area (Å²) >= 11 is 0. The summed E-state index contributed by atoms with van der Waals surface area (Å²) in [6, 6.07) is 13.0. The Bertz CT molecular complexity index is 907. The third kappa shape index (κ3) is 3.91. The molecule has 6 heteroatoms. The number of carbonyl (C=O) groups is 1. The second kappa shape index (κ2) is 6.98. The van der Waals surface area contributed by atoms with Crippen molar-refractivity contribution in [2.24, 2.45) is 0 Å². The molecular weight excluding hydrogens is 336 g/mol. The van der Waals surface area contributed by atoms with Crippen molar-refractivity contribution in [3.8, 4) is 0 Å². The van der Waals surface area contributed by atoms with Gasteiger partial charge >= 0.3 is 0 Å². The molecule has 0 aliphatic carbocycles. The SMILES string of the molecule is Cc1ccc(S(=O)(=O)NCC(=O)N2CCc3ccccc3C2)cc1C. The van der Waals surface area contributed by atoms with E-state index in [0.717, 1.165) is 23.1 Å². The number of hydrogen-bond donors (Lipinski definition) is 1. The summed E-state index contributed by atoms with van der Waals surface area (Å²) in [5, 5.41) is 0. The van der Waals surface area contributed by atoms with Crippen LogP contribution in [-0.2, 0) is 27.8 Å². The molecule has 0 fully saturated rings. The third-order valence-electron chi connectivity index (χ3n) is 4.69. The minimum absolute atomic E-state index is 0.187. The Morgan fingerprint density at radius 2 is 1.80 bits per heavy atom. The van der Waals surface area contributed by atoms with Gasteiger partial charge in [-0.1, -0.05) is 30.3 Å². The fourth-order valence-corrected chi connectivity index (χ4v) is 4.00. The van der Waals surface area contributed by atoms with Gasteiger partial charge in [-0.2, -0.15) is 0 Å². The average Bonchev–Trinajstić information content (AvgIpc) is 2.61. The number of rotatable bonds is 4. The number of fused-ring (bicyclic) bond motifs is 1. The van der Waals surface area contributed by atoms with Gasteiger partial charge in [0, 0.05) is 13.1 Å². The molecule has 2 aromatic rings. The van der Waals surface area contributed by atoms with Crippen molar-refractivity contribution in [2.75, 3.05) is 13.1 Å². The van der Waals surface area contributed by atoms with E-state index in [0.29, 0.717) is 13.1 Å². The number of hydrogen-bond acceptors (Lipinski definition) is 3. The van der Waals surface area contributed by atoms with Gasteiger partial charge in [-0.25, -0.2) is 13.1 Å². The molecule has 132 valence electrons. The molecule has 0 saturated carbocycles. The summed E-state index contributed by atoms with van der Waals surface area (Å²) in [6.07, 6.45) is 0.797. The van der Waals surface area contributed by atoms with Crippen LogP contribution in [0.2, 0.25) is 0 Å². The monoisotopic (exact) mass is 358 g/mol. The van der Waals surface area contributed by atoms with Crippen LogP contribution in [0.5, 0.6) is 0 Å². The molecule has 1 heterocycles. The predicted octanol–water partition coefficient (Wildman–Crippen LogP) is 2.17. The van der Waals surface area contributed by atoms with Gasteiger partial charge in [-0.15, -0.1) is 0 Å². The molecule has 25 heavy (non-hydrogen) atoms. The van der Waals surface area contributed by atoms with Crippen LogP contribution in [-0.4, -0.2) is 32.3 Å². The molecule has 0 spiro atoms. The van der Waals surface area contributed by atoms with E-state index in [9.17, 15) is 13.2 Å². The summed E-state index contributed by atoms with van der Waals surface area (Å²) in [7, 11) is -3.69. The molecule has 0 bridgehead atoms. The van der Waals surface area contributed by atoms with Crippen LogP contribution in [0.3, 0.4) is 0 Å². The molecule has 5 nitrogen and oxygen atoms in total. The van der Waals surface area contributed by atoms with Gasteiger partial charge in [0.1, 0.15) is 0 Å². The van der Waals surface area contributed by atoms with E-state index in [1.54, 1.807) is 23.1 Å². The van der Waals surface area contributed by atoms with Gasteiger partial charge in [-0.3, -0.25) is 4.79 Å². The summed E-state index contributed by atoms with van der Waals surface area (Å²) < 4.78 is 27.2. The molecule has 0 radical (unpaired) electrons. The van der Waals surface area contributed by atoms with Crippen LogP contribution in [0.4, 0.5) is 0 Å². The first-order valence-corrected chi connectivity index (χ1v) is 9.76. The van der Waals surface area contributed by atoms with E-state index in [4.69, 9.17) is 0 Å². The fourth-order valence-electron chi connectivity index (χ4n) is 2.94. The minimum atomic E-state index is -3.69. The largest absolute Gasteiger partial charge is 0.337 e. The van der Waals surface area contributed by atoms with Crippen molar-refractivity contribution in [3.05, 3.63) is 64.7 Å². The van der Waals surface area contributed by atoms with Gasteiger partial charge in [0.05, 0.1) is 11.4 Å². The number of amides is 1. The van der Waals surface area contributed by atoms with Crippen molar-refractivity contribution in [3.63, 3.8) is 0 Å². The van der Waals surface area contributed by atoms with E-state index < -0.39 is 10.0 Å². The van der Waals surface area contributed by atoms with Crippen LogP contribution in [0.25, 0.3) is 0 Å². The Balaban J connectivity index is 1.65. The maximum Gasteiger partial charge on any atom is 0.241 e. The minimum Gasteiger partial charge on any atom is -0.337 e. The van der Waals surface area contributed by atoms with Crippen LogP contribution in [0, 0.1) is 13.8 Å². The predicted molar refractivity (Wildman–Crippen MR) is 96.7 cm³/mol. The average molecular weight is 358 g/mol. The molecule has 2 aromatic carbocycles. The first-order valence-electron chi connectivity index (χ1n) is 8.28. The molecule has 1 aliphatic rings. The van der Waals surface area contributed by atoms with E-state index in [1.807, 2.05) is 32.0 Å². The lowest BCUT2D eigenvalue weighted by Gasteiger charge is -2.29. The number of carbonyl (C=O) groups excluding carboxylic acids is 1. The Kier molecular flexibility index (Phi) is 4.92. The smallest absolute Gasteiger partial charge is 0.241 e. The molecule has 0 aromatic heterocycles. The van der Waals surface area contributed by atoms with Crippen molar-refractivity contribution in [2.45, 2.75) is 31.7 Å². The Labute approximate surface area is 148 Å². The number of sulfonamides is 1. The quantitative estimate of drug-likeness (QED) is 0.911. The highest BCUT2D eigenvalue weighted by Gasteiger charge is 2.22. The Morgan fingerprint density at radius 3 is 2.52 bits per heavy atom. The first kappa shape index (κ1) is 17.6. The highest BCUT2D eigenvalue weighted by Crippen LogP contribution is 2.19. The van der Waals surface area contributed by atoms with Gasteiger partial charge in [0.25, 0.3) is 0 Å². The normalized spacial score (nSPS) is 14.2. The summed E-state index contributed by atoms with van der Waals surface area (Å²) in [5.74, 6) is -0.207. The van der Waals surface area contributed by atoms with Gasteiger partial charge < -0.3 is 4.90 Å². The van der Waals surface area contributed by atoms with Crippen molar-refractivity contribution in [1.82, 2.24) is 9.62 Å². The molecule has 3 rings (SSSR count). The molecule has 0 saturated heterocycles. The highest BCUT2D eigenvalue weighted by molar-refractivity contribution is 7.89. The number of nitrogens with zero attached hydrogens (tertiary/aromatic N) is 1. The van der Waals surface area contributed by atoms with Gasteiger partial charge in [-0.05, 0) is 54.7 Å². The Hall–Kier alpha value is -2.18. The maximum atomic E-state index is 12.4. The lowest BCUT2D eigenvalue weighted by Crippen LogP contribution is -2.42. The molecule has 1 amide bonds. The fraction of sp³-hybridized carbons (Fsp3) is 0.316. The molecule has 1 N–H and O–H groups in total. The lowest BCUT2D eigenvalue weighted by atomic mass is 10.00. The van der Waals surface area contributed by atoms with Crippen molar-refractivity contribution >= 4 is 15.9 Å². The van der Waals surface area contributed by atoms with E-state index in [2.05, 4.69) is 10.8 Å². The second-order valence-electron chi connectivity index (χ2n) is 6.40. The molecular formula is C19H22N2O3S. The van der Waals surface area contributed by atoms with Crippen LogP contribution in [0.1, 0.15) is 22.3 Å². The van der Waals surface area contributed by atoms with Gasteiger partial charge in [0.2, 0.25) is 15.9 Å². The third-order valence-corrected chi connectivity index (χ3v) is 6.08. The first-order chi connectivity index (χ1) is 11.9. The zero-order valence-corrected chi connectivity index (χ0v) is 15.3. The topological polar surface area (TPSA) is 66.5 Å². The maximum absolute atomic E-state index is 12.4. The standard InChI is InChI=1S/C19H22N2O3S/c1-14-7-8-18(11-15(14)2)25(23,24)20-12-19(22)21-10-9-16-5-3-4-6-17(16)13-21/h3-8,11,20H,9-10,12-13H2,1-2H3. The summed E-state index contributed by atoms with van der Waals surface area (Å²) in [5.41, 5.74) is 4.31. The van der Waals surface area contributed by atoms with Crippen LogP contribution in [0.15, 0.2) is 47.4 Å². The lowest BCUT2D eigenvalue weighted by molar-refractivity contribution is -0.130. The molecule has 0 atom stereocenters. The zero-order valence-electron chi connectivity index (χ0n) is 14.5. The van der Waals surface area contributed by atoms with Crippen molar-refractivity contribution in [1.29, 1.82) is 0 Å². The Morgan fingerprint density at radius 1 is 1.08 bits per heavy atom. The van der Waals surface area contributed by atoms with Crippen LogP contribution >= 0.6 is 0 Å². The number of nitrogens with one attached hydrogen (secondary N) is 1. The molecule has 1 aliphatic heterocycles. The highest BCUT2D eigenvalue weighted by atomic mass is 32.2. The summed E-state index contributed by atoms with van der Waals surface area (Å²) in [6.45, 7) is 4.71. The van der Waals surface area contributed by atoms with E-state index >= 15 is 0 Å². The van der Waals surface area contributed by atoms with Crippen LogP contribution < -0.4 is 4.72 Å². The van der Waals surface area contributed by atoms with E-state index in [-0.39, 0.29) is 17.3 Å².